The Morgan fingerprint density at radius 2 is 2.07 bits per heavy atom. The van der Waals surface area contributed by atoms with Gasteiger partial charge in [-0.05, 0) is 57.1 Å². The second kappa shape index (κ2) is 11.5. The number of aromatic amines is 1. The van der Waals surface area contributed by atoms with Gasteiger partial charge in [-0.1, -0.05) is 18.2 Å². The van der Waals surface area contributed by atoms with Gasteiger partial charge in [0.25, 0.3) is 0 Å². The number of ether oxygens (including phenoxy) is 1. The van der Waals surface area contributed by atoms with Crippen molar-refractivity contribution in [3.05, 3.63) is 35.5 Å². The fourth-order valence-electron chi connectivity index (χ4n) is 3.20. The SMILES string of the molecule is CCNC(=NCCCOCC1CC1)NCCc1c(C)[nH]c2ccccc12.I. The molecule has 0 spiro atoms. The summed E-state index contributed by atoms with van der Waals surface area (Å²) in [4.78, 5) is 8.12. The van der Waals surface area contributed by atoms with E-state index in [4.69, 9.17) is 4.74 Å². The summed E-state index contributed by atoms with van der Waals surface area (Å²) in [5, 5.41) is 8.10. The number of rotatable bonds is 10. The summed E-state index contributed by atoms with van der Waals surface area (Å²) < 4.78 is 5.67. The standard InChI is InChI=1S/C21H32N4O.HI/c1-3-22-21(23-12-6-14-26-15-17-9-10-17)24-13-11-18-16(2)25-20-8-5-4-7-19(18)20;/h4-5,7-8,17,25H,3,6,9-15H2,1-2H3,(H2,22,23,24);1H. The molecule has 1 heterocycles. The summed E-state index contributed by atoms with van der Waals surface area (Å²) in [5.41, 5.74) is 3.85. The van der Waals surface area contributed by atoms with Gasteiger partial charge in [-0.25, -0.2) is 0 Å². The third-order valence-corrected chi connectivity index (χ3v) is 4.81. The van der Waals surface area contributed by atoms with E-state index in [1.165, 1.54) is 35.0 Å². The predicted octanol–water partition coefficient (Wildman–Crippen LogP) is 4.01. The van der Waals surface area contributed by atoms with Crippen LogP contribution in [0.4, 0.5) is 0 Å². The van der Waals surface area contributed by atoms with Crippen molar-refractivity contribution in [2.75, 3.05) is 32.8 Å². The topological polar surface area (TPSA) is 61.4 Å². The summed E-state index contributed by atoms with van der Waals surface area (Å²) in [6, 6.07) is 8.50. The number of benzene rings is 1. The van der Waals surface area contributed by atoms with Crippen LogP contribution in [-0.2, 0) is 11.2 Å². The minimum atomic E-state index is 0. The average Bonchev–Trinajstić information content (AvgIpc) is 3.41. The highest BCUT2D eigenvalue weighted by Crippen LogP contribution is 2.28. The lowest BCUT2D eigenvalue weighted by Crippen LogP contribution is -2.38. The van der Waals surface area contributed by atoms with Gasteiger partial charge in [0.15, 0.2) is 5.96 Å². The second-order valence-electron chi connectivity index (χ2n) is 7.08. The zero-order valence-corrected chi connectivity index (χ0v) is 18.8. The van der Waals surface area contributed by atoms with Crippen molar-refractivity contribution in [2.45, 2.75) is 39.5 Å². The first kappa shape index (κ1) is 22.0. The van der Waals surface area contributed by atoms with E-state index in [0.717, 1.165) is 57.6 Å². The number of nitrogens with zero attached hydrogens (tertiary/aromatic N) is 1. The summed E-state index contributed by atoms with van der Waals surface area (Å²) >= 11 is 0. The molecule has 0 bridgehead atoms. The molecule has 0 unspecified atom stereocenters. The predicted molar refractivity (Wildman–Crippen MR) is 124 cm³/mol. The van der Waals surface area contributed by atoms with Gasteiger partial charge >= 0.3 is 0 Å². The highest BCUT2D eigenvalue weighted by Gasteiger charge is 2.20. The maximum atomic E-state index is 5.67. The van der Waals surface area contributed by atoms with Gasteiger partial charge in [0.05, 0.1) is 0 Å². The number of fused-ring (bicyclic) bond motifs is 1. The van der Waals surface area contributed by atoms with Crippen molar-refractivity contribution in [1.82, 2.24) is 15.6 Å². The van der Waals surface area contributed by atoms with E-state index in [0.29, 0.717) is 0 Å². The van der Waals surface area contributed by atoms with Crippen LogP contribution in [0.25, 0.3) is 10.9 Å². The van der Waals surface area contributed by atoms with E-state index in [-0.39, 0.29) is 24.0 Å². The number of aromatic nitrogens is 1. The summed E-state index contributed by atoms with van der Waals surface area (Å²) in [6.45, 7) is 8.53. The number of aliphatic imine (C=N–C) groups is 1. The van der Waals surface area contributed by atoms with Crippen LogP contribution in [0.5, 0.6) is 0 Å². The molecule has 1 aliphatic rings. The monoisotopic (exact) mass is 484 g/mol. The van der Waals surface area contributed by atoms with E-state index < -0.39 is 0 Å². The number of aryl methyl sites for hydroxylation is 1. The first-order valence-electron chi connectivity index (χ1n) is 9.94. The lowest BCUT2D eigenvalue weighted by molar-refractivity contribution is 0.123. The van der Waals surface area contributed by atoms with Crippen molar-refractivity contribution < 1.29 is 4.74 Å². The number of nitrogens with one attached hydrogen (secondary N) is 3. The Hall–Kier alpha value is -1.28. The van der Waals surface area contributed by atoms with Crippen LogP contribution >= 0.6 is 24.0 Å². The molecular formula is C21H33IN4O. The average molecular weight is 484 g/mol. The number of hydrogen-bond donors (Lipinski definition) is 3. The third kappa shape index (κ3) is 6.99. The minimum absolute atomic E-state index is 0. The highest BCUT2D eigenvalue weighted by molar-refractivity contribution is 14.0. The zero-order chi connectivity index (χ0) is 18.2. The Kier molecular flexibility index (Phi) is 9.41. The van der Waals surface area contributed by atoms with Crippen LogP contribution in [0.15, 0.2) is 29.3 Å². The van der Waals surface area contributed by atoms with Gasteiger partial charge < -0.3 is 20.4 Å². The zero-order valence-electron chi connectivity index (χ0n) is 16.5. The fourth-order valence-corrected chi connectivity index (χ4v) is 3.20. The Morgan fingerprint density at radius 1 is 1.26 bits per heavy atom. The first-order chi connectivity index (χ1) is 12.8. The van der Waals surface area contributed by atoms with Crippen LogP contribution in [0.1, 0.15) is 37.4 Å². The maximum Gasteiger partial charge on any atom is 0.191 e. The van der Waals surface area contributed by atoms with Crippen LogP contribution in [0.3, 0.4) is 0 Å². The molecule has 1 aromatic heterocycles. The number of para-hydroxylation sites is 1. The molecule has 0 aliphatic heterocycles. The molecule has 6 heteroatoms. The van der Waals surface area contributed by atoms with Crippen molar-refractivity contribution in [2.24, 2.45) is 10.9 Å². The van der Waals surface area contributed by atoms with Crippen LogP contribution < -0.4 is 10.6 Å². The quantitative estimate of drug-likeness (QED) is 0.207. The van der Waals surface area contributed by atoms with Gasteiger partial charge in [0.1, 0.15) is 0 Å². The third-order valence-electron chi connectivity index (χ3n) is 4.81. The van der Waals surface area contributed by atoms with Gasteiger partial charge in [-0.2, -0.15) is 0 Å². The molecule has 0 atom stereocenters. The van der Waals surface area contributed by atoms with E-state index in [1.807, 2.05) is 0 Å². The van der Waals surface area contributed by atoms with E-state index >= 15 is 0 Å². The van der Waals surface area contributed by atoms with Gasteiger partial charge in [0.2, 0.25) is 0 Å². The first-order valence-corrected chi connectivity index (χ1v) is 9.94. The summed E-state index contributed by atoms with van der Waals surface area (Å²) in [7, 11) is 0. The minimum Gasteiger partial charge on any atom is -0.381 e. The maximum absolute atomic E-state index is 5.67. The van der Waals surface area contributed by atoms with E-state index in [2.05, 4.69) is 58.7 Å². The van der Waals surface area contributed by atoms with E-state index in [9.17, 15) is 0 Å². The molecule has 5 nitrogen and oxygen atoms in total. The molecule has 1 aromatic carbocycles. The Labute approximate surface area is 179 Å². The second-order valence-corrected chi connectivity index (χ2v) is 7.08. The number of H-pyrrole nitrogens is 1. The number of guanidine groups is 1. The highest BCUT2D eigenvalue weighted by atomic mass is 127. The normalized spacial score (nSPS) is 14.2. The molecule has 0 radical (unpaired) electrons. The Balaban J connectivity index is 0.00000261. The van der Waals surface area contributed by atoms with Crippen molar-refractivity contribution in [3.8, 4) is 0 Å². The molecular weight excluding hydrogens is 451 g/mol. The summed E-state index contributed by atoms with van der Waals surface area (Å²) in [5.74, 6) is 1.73. The number of hydrogen-bond acceptors (Lipinski definition) is 2. The Morgan fingerprint density at radius 3 is 2.85 bits per heavy atom. The largest absolute Gasteiger partial charge is 0.381 e. The number of halogens is 1. The molecule has 1 fully saturated rings. The molecule has 1 aliphatic carbocycles. The summed E-state index contributed by atoms with van der Waals surface area (Å²) in [6.07, 6.45) is 4.65. The van der Waals surface area contributed by atoms with Crippen molar-refractivity contribution in [3.63, 3.8) is 0 Å². The van der Waals surface area contributed by atoms with Gasteiger partial charge in [0, 0.05) is 49.4 Å². The molecule has 150 valence electrons. The van der Waals surface area contributed by atoms with Crippen LogP contribution in [0.2, 0.25) is 0 Å². The molecule has 0 amide bonds. The Bertz CT molecular complexity index is 724. The molecule has 27 heavy (non-hydrogen) atoms. The van der Waals surface area contributed by atoms with Crippen LogP contribution in [0, 0.1) is 12.8 Å². The van der Waals surface area contributed by atoms with Crippen molar-refractivity contribution >= 4 is 40.8 Å². The van der Waals surface area contributed by atoms with Crippen LogP contribution in [-0.4, -0.2) is 43.8 Å². The van der Waals surface area contributed by atoms with Gasteiger partial charge in [-0.3, -0.25) is 4.99 Å². The lowest BCUT2D eigenvalue weighted by Gasteiger charge is -2.11. The molecule has 3 N–H and O–H groups in total. The smallest absolute Gasteiger partial charge is 0.191 e. The van der Waals surface area contributed by atoms with Gasteiger partial charge in [-0.15, -0.1) is 24.0 Å². The van der Waals surface area contributed by atoms with E-state index in [1.54, 1.807) is 0 Å². The van der Waals surface area contributed by atoms with Crippen molar-refractivity contribution in [1.29, 1.82) is 0 Å². The molecule has 0 saturated heterocycles. The molecule has 3 rings (SSSR count). The fraction of sp³-hybridized carbons (Fsp3) is 0.571. The molecule has 2 aromatic rings. The lowest BCUT2D eigenvalue weighted by atomic mass is 10.1. The molecule has 1 saturated carbocycles.